The SMILES string of the molecule is CN(CCNCC1(O)CCCCC1)C1CC1. The van der Waals surface area contributed by atoms with E-state index in [0.717, 1.165) is 38.5 Å². The molecule has 2 aliphatic carbocycles. The van der Waals surface area contributed by atoms with Gasteiger partial charge in [0.25, 0.3) is 0 Å². The Labute approximate surface area is 99.2 Å². The molecule has 0 aromatic rings. The minimum Gasteiger partial charge on any atom is -0.389 e. The monoisotopic (exact) mass is 226 g/mol. The fourth-order valence-electron chi connectivity index (χ4n) is 2.66. The summed E-state index contributed by atoms with van der Waals surface area (Å²) in [6, 6.07) is 0.847. The lowest BCUT2D eigenvalue weighted by Gasteiger charge is -2.32. The van der Waals surface area contributed by atoms with E-state index in [9.17, 15) is 5.11 Å². The first kappa shape index (κ1) is 12.3. The van der Waals surface area contributed by atoms with E-state index in [-0.39, 0.29) is 0 Å². The van der Waals surface area contributed by atoms with Crippen molar-refractivity contribution >= 4 is 0 Å². The van der Waals surface area contributed by atoms with Gasteiger partial charge in [0.05, 0.1) is 5.60 Å². The molecule has 2 N–H and O–H groups in total. The largest absolute Gasteiger partial charge is 0.389 e. The lowest BCUT2D eigenvalue weighted by molar-refractivity contribution is 0.00476. The summed E-state index contributed by atoms with van der Waals surface area (Å²) in [5.74, 6) is 0. The second-order valence-electron chi connectivity index (χ2n) is 5.67. The molecule has 0 saturated heterocycles. The van der Waals surface area contributed by atoms with Crippen LogP contribution >= 0.6 is 0 Å². The van der Waals surface area contributed by atoms with Crippen molar-refractivity contribution in [2.45, 2.75) is 56.6 Å². The zero-order chi connectivity index (χ0) is 11.4. The van der Waals surface area contributed by atoms with Gasteiger partial charge in [0.1, 0.15) is 0 Å². The smallest absolute Gasteiger partial charge is 0.0771 e. The summed E-state index contributed by atoms with van der Waals surface area (Å²) in [6.07, 6.45) is 8.41. The van der Waals surface area contributed by atoms with Gasteiger partial charge < -0.3 is 15.3 Å². The Bertz CT molecular complexity index is 210. The minimum absolute atomic E-state index is 0.406. The molecule has 94 valence electrons. The maximum atomic E-state index is 10.3. The van der Waals surface area contributed by atoms with E-state index in [2.05, 4.69) is 17.3 Å². The Morgan fingerprint density at radius 2 is 1.94 bits per heavy atom. The summed E-state index contributed by atoms with van der Waals surface area (Å²) in [6.45, 7) is 2.90. The first-order valence-corrected chi connectivity index (χ1v) is 6.83. The van der Waals surface area contributed by atoms with Gasteiger partial charge in [-0.1, -0.05) is 19.3 Å². The quantitative estimate of drug-likeness (QED) is 0.671. The Morgan fingerprint density at radius 1 is 1.25 bits per heavy atom. The van der Waals surface area contributed by atoms with Crippen LogP contribution in [0.1, 0.15) is 44.9 Å². The van der Waals surface area contributed by atoms with E-state index < -0.39 is 5.60 Å². The highest BCUT2D eigenvalue weighted by Crippen LogP contribution is 2.27. The van der Waals surface area contributed by atoms with Crippen LogP contribution in [-0.4, -0.2) is 48.3 Å². The number of nitrogens with one attached hydrogen (secondary N) is 1. The van der Waals surface area contributed by atoms with E-state index in [0.29, 0.717) is 0 Å². The molecule has 0 aromatic carbocycles. The molecule has 2 fully saturated rings. The van der Waals surface area contributed by atoms with Crippen LogP contribution in [0.4, 0.5) is 0 Å². The molecule has 0 amide bonds. The van der Waals surface area contributed by atoms with Crippen molar-refractivity contribution < 1.29 is 5.11 Å². The molecule has 0 radical (unpaired) electrons. The topological polar surface area (TPSA) is 35.5 Å². The lowest BCUT2D eigenvalue weighted by atomic mass is 9.85. The molecular weight excluding hydrogens is 200 g/mol. The zero-order valence-electron chi connectivity index (χ0n) is 10.5. The van der Waals surface area contributed by atoms with Gasteiger partial charge in [-0.15, -0.1) is 0 Å². The molecule has 0 aliphatic heterocycles. The highest BCUT2D eigenvalue weighted by atomic mass is 16.3. The third-order valence-electron chi connectivity index (χ3n) is 4.05. The van der Waals surface area contributed by atoms with Crippen LogP contribution in [0.15, 0.2) is 0 Å². The highest BCUT2D eigenvalue weighted by Gasteiger charge is 2.29. The van der Waals surface area contributed by atoms with Gasteiger partial charge in [-0.05, 0) is 32.7 Å². The van der Waals surface area contributed by atoms with Crippen LogP contribution < -0.4 is 5.32 Å². The third-order valence-corrected chi connectivity index (χ3v) is 4.05. The number of nitrogens with zero attached hydrogens (tertiary/aromatic N) is 1. The first-order chi connectivity index (χ1) is 7.70. The van der Waals surface area contributed by atoms with Crippen LogP contribution in [0.25, 0.3) is 0 Å². The summed E-state index contributed by atoms with van der Waals surface area (Å²) in [7, 11) is 2.20. The summed E-state index contributed by atoms with van der Waals surface area (Å²) in [5, 5.41) is 13.7. The Hall–Kier alpha value is -0.120. The standard InChI is InChI=1S/C13H26N2O/c1-15(12-5-6-12)10-9-14-11-13(16)7-3-2-4-8-13/h12,14,16H,2-11H2,1H3. The van der Waals surface area contributed by atoms with Gasteiger partial charge in [0.2, 0.25) is 0 Å². The molecule has 2 saturated carbocycles. The summed E-state index contributed by atoms with van der Waals surface area (Å²) in [4.78, 5) is 2.43. The van der Waals surface area contributed by atoms with Crippen molar-refractivity contribution in [3.8, 4) is 0 Å². The van der Waals surface area contributed by atoms with Crippen molar-refractivity contribution in [1.82, 2.24) is 10.2 Å². The summed E-state index contributed by atoms with van der Waals surface area (Å²) < 4.78 is 0. The van der Waals surface area contributed by atoms with Gasteiger partial charge >= 0.3 is 0 Å². The van der Waals surface area contributed by atoms with Crippen LogP contribution in [0.2, 0.25) is 0 Å². The van der Waals surface area contributed by atoms with E-state index in [4.69, 9.17) is 0 Å². The summed E-state index contributed by atoms with van der Waals surface area (Å²) >= 11 is 0. The van der Waals surface area contributed by atoms with E-state index in [1.165, 1.54) is 32.1 Å². The van der Waals surface area contributed by atoms with E-state index >= 15 is 0 Å². The Kier molecular flexibility index (Phi) is 4.22. The van der Waals surface area contributed by atoms with Crippen molar-refractivity contribution in [2.24, 2.45) is 0 Å². The third kappa shape index (κ3) is 3.72. The minimum atomic E-state index is -0.406. The zero-order valence-corrected chi connectivity index (χ0v) is 10.5. The second kappa shape index (κ2) is 5.48. The molecule has 0 bridgehead atoms. The fraction of sp³-hybridized carbons (Fsp3) is 1.00. The van der Waals surface area contributed by atoms with Crippen molar-refractivity contribution in [1.29, 1.82) is 0 Å². The molecule has 0 aromatic heterocycles. The van der Waals surface area contributed by atoms with Gasteiger partial charge in [-0.3, -0.25) is 0 Å². The van der Waals surface area contributed by atoms with Crippen LogP contribution in [-0.2, 0) is 0 Å². The average molecular weight is 226 g/mol. The van der Waals surface area contributed by atoms with E-state index in [1.807, 2.05) is 0 Å². The first-order valence-electron chi connectivity index (χ1n) is 6.83. The highest BCUT2D eigenvalue weighted by molar-refractivity contribution is 4.85. The van der Waals surface area contributed by atoms with Crippen molar-refractivity contribution in [2.75, 3.05) is 26.7 Å². The van der Waals surface area contributed by atoms with Gasteiger partial charge in [-0.2, -0.15) is 0 Å². The Morgan fingerprint density at radius 3 is 2.56 bits per heavy atom. The predicted molar refractivity (Wildman–Crippen MR) is 66.6 cm³/mol. The fourth-order valence-corrected chi connectivity index (χ4v) is 2.66. The maximum Gasteiger partial charge on any atom is 0.0771 e. The van der Waals surface area contributed by atoms with Gasteiger partial charge in [-0.25, -0.2) is 0 Å². The number of rotatable bonds is 6. The normalized spacial score (nSPS) is 24.9. The molecule has 0 spiro atoms. The molecule has 0 heterocycles. The van der Waals surface area contributed by atoms with Crippen LogP contribution in [0.3, 0.4) is 0 Å². The van der Waals surface area contributed by atoms with Crippen molar-refractivity contribution in [3.63, 3.8) is 0 Å². The predicted octanol–water partition coefficient (Wildman–Crippen LogP) is 1.37. The number of aliphatic hydroxyl groups is 1. The number of likely N-dealkylation sites (N-methyl/N-ethyl adjacent to an activating group) is 1. The average Bonchev–Trinajstić information content (AvgIpc) is 3.09. The number of hydrogen-bond acceptors (Lipinski definition) is 3. The lowest BCUT2D eigenvalue weighted by Crippen LogP contribution is -2.44. The van der Waals surface area contributed by atoms with E-state index in [1.54, 1.807) is 0 Å². The Balaban J connectivity index is 1.55. The molecule has 2 rings (SSSR count). The molecular formula is C13H26N2O. The second-order valence-corrected chi connectivity index (χ2v) is 5.67. The van der Waals surface area contributed by atoms with Gasteiger partial charge in [0, 0.05) is 25.7 Å². The van der Waals surface area contributed by atoms with Crippen molar-refractivity contribution in [3.05, 3.63) is 0 Å². The molecule has 2 aliphatic rings. The molecule has 3 nitrogen and oxygen atoms in total. The van der Waals surface area contributed by atoms with Crippen LogP contribution in [0.5, 0.6) is 0 Å². The summed E-state index contributed by atoms with van der Waals surface area (Å²) in [5.41, 5.74) is -0.406. The molecule has 3 heteroatoms. The molecule has 0 unspecified atom stereocenters. The molecule has 0 atom stereocenters. The maximum absolute atomic E-state index is 10.3. The van der Waals surface area contributed by atoms with Crippen LogP contribution in [0, 0.1) is 0 Å². The van der Waals surface area contributed by atoms with Gasteiger partial charge in [0.15, 0.2) is 0 Å². The molecule has 16 heavy (non-hydrogen) atoms. The number of hydrogen-bond donors (Lipinski definition) is 2.